The Morgan fingerprint density at radius 3 is 2.63 bits per heavy atom. The molecule has 1 aromatic rings. The van der Waals surface area contributed by atoms with Crippen LogP contribution in [0.4, 0.5) is 13.2 Å². The number of nitrogens with one attached hydrogen (secondary N) is 1. The Balaban J connectivity index is 2.18. The Morgan fingerprint density at radius 2 is 2.00 bits per heavy atom. The molecule has 2 atom stereocenters. The van der Waals surface area contributed by atoms with Crippen LogP contribution >= 0.6 is 0 Å². The molecule has 0 saturated heterocycles. The number of halogens is 3. The highest BCUT2D eigenvalue weighted by Crippen LogP contribution is 2.33. The molecule has 0 amide bonds. The number of aromatic nitrogens is 2. The Kier molecular flexibility index (Phi) is 4.44. The van der Waals surface area contributed by atoms with E-state index in [1.807, 2.05) is 6.92 Å². The van der Waals surface area contributed by atoms with Gasteiger partial charge < -0.3 is 9.84 Å². The van der Waals surface area contributed by atoms with Crippen molar-refractivity contribution in [2.24, 2.45) is 0 Å². The minimum Gasteiger partial charge on any atom is -0.339 e. The topological polar surface area (TPSA) is 51.0 Å². The fraction of sp³-hybridized carbons (Fsp3) is 0.833. The molecule has 0 aromatic carbocycles. The summed E-state index contributed by atoms with van der Waals surface area (Å²) >= 11 is 0. The second-order valence-electron chi connectivity index (χ2n) is 4.86. The van der Waals surface area contributed by atoms with Gasteiger partial charge in [-0.15, -0.1) is 0 Å². The van der Waals surface area contributed by atoms with Gasteiger partial charge in [0.15, 0.2) is 0 Å². The van der Waals surface area contributed by atoms with E-state index < -0.39 is 12.0 Å². The van der Waals surface area contributed by atoms with E-state index in [1.54, 1.807) is 0 Å². The van der Waals surface area contributed by atoms with Gasteiger partial charge in [-0.3, -0.25) is 0 Å². The van der Waals surface area contributed by atoms with Crippen molar-refractivity contribution in [3.05, 3.63) is 11.7 Å². The van der Waals surface area contributed by atoms with E-state index in [1.165, 1.54) is 0 Å². The second-order valence-corrected chi connectivity index (χ2v) is 4.86. The number of hydrogen-bond acceptors (Lipinski definition) is 4. The molecular weight excluding hydrogens is 259 g/mol. The molecule has 1 saturated carbocycles. The van der Waals surface area contributed by atoms with Crippen LogP contribution in [0, 0.1) is 0 Å². The maximum Gasteiger partial charge on any atom is 0.455 e. The third-order valence-corrected chi connectivity index (χ3v) is 3.49. The lowest BCUT2D eigenvalue weighted by Gasteiger charge is -2.22. The van der Waals surface area contributed by atoms with Gasteiger partial charge in [-0.2, -0.15) is 18.2 Å². The zero-order valence-corrected chi connectivity index (χ0v) is 10.8. The first-order valence-corrected chi connectivity index (χ1v) is 6.66. The molecule has 0 bridgehead atoms. The minimum absolute atomic E-state index is 0.111. The molecule has 7 heteroatoms. The average Bonchev–Trinajstić information content (AvgIpc) is 2.72. The Morgan fingerprint density at radius 1 is 1.26 bits per heavy atom. The Hall–Kier alpha value is -1.11. The Labute approximate surface area is 109 Å². The zero-order valence-electron chi connectivity index (χ0n) is 10.8. The van der Waals surface area contributed by atoms with Crippen LogP contribution in [0.1, 0.15) is 56.7 Å². The molecule has 108 valence electrons. The van der Waals surface area contributed by atoms with Crippen LogP contribution in [0.25, 0.3) is 0 Å². The summed E-state index contributed by atoms with van der Waals surface area (Å²) in [4.78, 5) is 3.54. The van der Waals surface area contributed by atoms with E-state index in [0.717, 1.165) is 38.6 Å². The molecule has 1 aliphatic carbocycles. The van der Waals surface area contributed by atoms with Crippen molar-refractivity contribution in [3.63, 3.8) is 0 Å². The summed E-state index contributed by atoms with van der Waals surface area (Å²) in [5.74, 6) is -1.19. The van der Waals surface area contributed by atoms with Crippen molar-refractivity contribution < 1.29 is 17.7 Å². The van der Waals surface area contributed by atoms with E-state index >= 15 is 0 Å². The highest BCUT2D eigenvalue weighted by atomic mass is 19.4. The van der Waals surface area contributed by atoms with Crippen LogP contribution in [0.2, 0.25) is 0 Å². The SMILES string of the molecule is CCNC1CCCCCC1c1nc(C(F)(F)F)no1. The maximum absolute atomic E-state index is 12.5. The van der Waals surface area contributed by atoms with Gasteiger partial charge in [0.25, 0.3) is 5.82 Å². The maximum atomic E-state index is 12.5. The largest absolute Gasteiger partial charge is 0.455 e. The van der Waals surface area contributed by atoms with Crippen LogP contribution < -0.4 is 5.32 Å². The van der Waals surface area contributed by atoms with Crippen molar-refractivity contribution in [1.82, 2.24) is 15.5 Å². The van der Waals surface area contributed by atoms with Gasteiger partial charge in [0.05, 0.1) is 5.92 Å². The summed E-state index contributed by atoms with van der Waals surface area (Å²) in [5.41, 5.74) is 0. The van der Waals surface area contributed by atoms with Crippen molar-refractivity contribution in [1.29, 1.82) is 0 Å². The molecule has 19 heavy (non-hydrogen) atoms. The van der Waals surface area contributed by atoms with Crippen LogP contribution in [0.3, 0.4) is 0 Å². The van der Waals surface area contributed by atoms with Crippen molar-refractivity contribution in [2.45, 2.75) is 57.2 Å². The quantitative estimate of drug-likeness (QED) is 0.862. The monoisotopic (exact) mass is 277 g/mol. The normalized spacial score (nSPS) is 25.3. The first kappa shape index (κ1) is 14.3. The summed E-state index contributed by atoms with van der Waals surface area (Å²) in [6.07, 6.45) is 0.336. The predicted octanol–water partition coefficient (Wildman–Crippen LogP) is 3.11. The lowest BCUT2D eigenvalue weighted by molar-refractivity contribution is -0.146. The van der Waals surface area contributed by atoms with Crippen LogP contribution in [-0.2, 0) is 6.18 Å². The lowest BCUT2D eigenvalue weighted by Crippen LogP contribution is -2.34. The first-order valence-electron chi connectivity index (χ1n) is 6.66. The number of likely N-dealkylation sites (N-methyl/N-ethyl adjacent to an activating group) is 1. The summed E-state index contributed by atoms with van der Waals surface area (Å²) in [6, 6.07) is 0.119. The van der Waals surface area contributed by atoms with Crippen LogP contribution in [-0.4, -0.2) is 22.7 Å². The third kappa shape index (κ3) is 3.46. The van der Waals surface area contributed by atoms with Gasteiger partial charge in [0.1, 0.15) is 0 Å². The molecule has 0 radical (unpaired) electrons. The van der Waals surface area contributed by atoms with Gasteiger partial charge >= 0.3 is 6.18 Å². The van der Waals surface area contributed by atoms with Gasteiger partial charge in [-0.05, 0) is 19.4 Å². The van der Waals surface area contributed by atoms with Crippen LogP contribution in [0.5, 0.6) is 0 Å². The van der Waals surface area contributed by atoms with Gasteiger partial charge in [0.2, 0.25) is 5.89 Å². The van der Waals surface area contributed by atoms with E-state index in [2.05, 4.69) is 15.5 Å². The molecule has 0 aliphatic heterocycles. The third-order valence-electron chi connectivity index (χ3n) is 3.49. The number of rotatable bonds is 3. The average molecular weight is 277 g/mol. The van der Waals surface area contributed by atoms with Crippen molar-refractivity contribution in [3.8, 4) is 0 Å². The van der Waals surface area contributed by atoms with E-state index in [-0.39, 0.29) is 17.9 Å². The second kappa shape index (κ2) is 5.90. The molecule has 1 aromatic heterocycles. The molecular formula is C12H18F3N3O. The molecule has 0 spiro atoms. The summed E-state index contributed by atoms with van der Waals surface area (Å²) in [7, 11) is 0. The summed E-state index contributed by atoms with van der Waals surface area (Å²) in [5, 5.41) is 6.36. The highest BCUT2D eigenvalue weighted by Gasteiger charge is 2.39. The molecule has 1 fully saturated rings. The fourth-order valence-electron chi connectivity index (χ4n) is 2.61. The van der Waals surface area contributed by atoms with E-state index in [4.69, 9.17) is 4.52 Å². The summed E-state index contributed by atoms with van der Waals surface area (Å²) < 4.78 is 42.3. The molecule has 2 unspecified atom stereocenters. The van der Waals surface area contributed by atoms with Crippen molar-refractivity contribution >= 4 is 0 Å². The van der Waals surface area contributed by atoms with Gasteiger partial charge in [-0.25, -0.2) is 0 Å². The highest BCUT2D eigenvalue weighted by molar-refractivity contribution is 5.02. The molecule has 2 rings (SSSR count). The first-order chi connectivity index (χ1) is 9.02. The number of hydrogen-bond donors (Lipinski definition) is 1. The minimum atomic E-state index is -4.54. The van der Waals surface area contributed by atoms with Gasteiger partial charge in [-0.1, -0.05) is 31.3 Å². The molecule has 1 aliphatic rings. The van der Waals surface area contributed by atoms with E-state index in [0.29, 0.717) is 0 Å². The fourth-order valence-corrected chi connectivity index (χ4v) is 2.61. The lowest BCUT2D eigenvalue weighted by atomic mass is 9.94. The smallest absolute Gasteiger partial charge is 0.339 e. The molecule has 1 heterocycles. The summed E-state index contributed by atoms with van der Waals surface area (Å²) in [6.45, 7) is 2.76. The van der Waals surface area contributed by atoms with Crippen LogP contribution in [0.15, 0.2) is 4.52 Å². The molecule has 1 N–H and O–H groups in total. The predicted molar refractivity (Wildman–Crippen MR) is 62.6 cm³/mol. The van der Waals surface area contributed by atoms with E-state index in [9.17, 15) is 13.2 Å². The van der Waals surface area contributed by atoms with Gasteiger partial charge in [0, 0.05) is 6.04 Å². The Bertz CT molecular complexity index is 405. The number of alkyl halides is 3. The van der Waals surface area contributed by atoms with Crippen molar-refractivity contribution in [2.75, 3.05) is 6.54 Å². The number of nitrogens with zero attached hydrogens (tertiary/aromatic N) is 2. The standard InChI is InChI=1S/C12H18F3N3O/c1-2-16-9-7-5-3-4-6-8(9)10-17-11(18-19-10)12(13,14)15/h8-9,16H,2-7H2,1H3. The zero-order chi connectivity index (χ0) is 13.9. The molecule has 4 nitrogen and oxygen atoms in total.